The van der Waals surface area contributed by atoms with E-state index < -0.39 is 15.9 Å². The van der Waals surface area contributed by atoms with Gasteiger partial charge < -0.3 is 19.5 Å². The monoisotopic (exact) mass is 408 g/mol. The van der Waals surface area contributed by atoms with Crippen LogP contribution in [0.15, 0.2) is 41.3 Å². The second-order valence-corrected chi connectivity index (χ2v) is 8.05. The second-order valence-electron chi connectivity index (χ2n) is 6.03. The van der Waals surface area contributed by atoms with Crippen molar-refractivity contribution in [2.24, 2.45) is 0 Å². The Labute approximate surface area is 165 Å². The average molecular weight is 408 g/mol. The smallest absolute Gasteiger partial charge is 0.246 e. The van der Waals surface area contributed by atoms with Crippen LogP contribution >= 0.6 is 0 Å². The van der Waals surface area contributed by atoms with Crippen LogP contribution < -0.4 is 19.5 Å². The first-order valence-electron chi connectivity index (χ1n) is 8.35. The van der Waals surface area contributed by atoms with Gasteiger partial charge in [-0.1, -0.05) is 6.07 Å². The fourth-order valence-electron chi connectivity index (χ4n) is 2.56. The molecule has 0 aliphatic carbocycles. The molecule has 0 saturated carbocycles. The second kappa shape index (κ2) is 8.94. The lowest BCUT2D eigenvalue weighted by Crippen LogP contribution is -2.35. The summed E-state index contributed by atoms with van der Waals surface area (Å²) in [5.41, 5.74) is 1.23. The van der Waals surface area contributed by atoms with Crippen molar-refractivity contribution in [1.29, 1.82) is 0 Å². The van der Waals surface area contributed by atoms with E-state index in [-0.39, 0.29) is 17.2 Å². The Kier molecular flexibility index (Phi) is 6.87. The van der Waals surface area contributed by atoms with Crippen LogP contribution in [0.4, 0.5) is 5.69 Å². The largest absolute Gasteiger partial charge is 0.495 e. The van der Waals surface area contributed by atoms with E-state index in [1.54, 1.807) is 37.3 Å². The molecular weight excluding hydrogens is 384 g/mol. The molecule has 0 aliphatic heterocycles. The summed E-state index contributed by atoms with van der Waals surface area (Å²) in [5.74, 6) is 0.695. The van der Waals surface area contributed by atoms with Crippen LogP contribution in [-0.4, -0.2) is 53.6 Å². The highest BCUT2D eigenvalue weighted by molar-refractivity contribution is 7.89. The summed E-state index contributed by atoms with van der Waals surface area (Å²) in [6.07, 6.45) is 0. The highest BCUT2D eigenvalue weighted by Gasteiger charge is 2.26. The van der Waals surface area contributed by atoms with Crippen LogP contribution in [0.2, 0.25) is 0 Å². The van der Waals surface area contributed by atoms with Crippen molar-refractivity contribution < 1.29 is 27.4 Å². The van der Waals surface area contributed by atoms with Crippen molar-refractivity contribution in [3.63, 3.8) is 0 Å². The number of ether oxygens (including phenoxy) is 3. The average Bonchev–Trinajstić information content (AvgIpc) is 2.67. The van der Waals surface area contributed by atoms with Gasteiger partial charge >= 0.3 is 0 Å². The number of nitrogens with one attached hydrogen (secondary N) is 1. The molecule has 9 heteroatoms. The zero-order chi connectivity index (χ0) is 20.9. The van der Waals surface area contributed by atoms with Crippen molar-refractivity contribution in [3.8, 4) is 17.2 Å². The van der Waals surface area contributed by atoms with Gasteiger partial charge in [0.1, 0.15) is 10.6 Å². The van der Waals surface area contributed by atoms with E-state index in [0.29, 0.717) is 17.2 Å². The standard InChI is InChI=1S/C19H24N2O6S/c1-13-6-8-16(26-4)18(10-13)28(23,24)21(2)12-19(22)20-14-7-9-15(25-3)17(11-14)27-5/h6-11H,12H2,1-5H3,(H,20,22). The Morgan fingerprint density at radius 1 is 0.964 bits per heavy atom. The van der Waals surface area contributed by atoms with Gasteiger partial charge in [0.15, 0.2) is 11.5 Å². The lowest BCUT2D eigenvalue weighted by Gasteiger charge is -2.19. The van der Waals surface area contributed by atoms with Gasteiger partial charge in [0.05, 0.1) is 27.9 Å². The summed E-state index contributed by atoms with van der Waals surface area (Å²) in [4.78, 5) is 12.4. The number of rotatable bonds is 8. The fourth-order valence-corrected chi connectivity index (χ4v) is 3.92. The van der Waals surface area contributed by atoms with Gasteiger partial charge in [-0.2, -0.15) is 4.31 Å². The highest BCUT2D eigenvalue weighted by atomic mass is 32.2. The highest BCUT2D eigenvalue weighted by Crippen LogP contribution is 2.30. The quantitative estimate of drug-likeness (QED) is 0.720. The van der Waals surface area contributed by atoms with Crippen molar-refractivity contribution in [2.75, 3.05) is 40.2 Å². The number of carbonyl (C=O) groups is 1. The normalized spacial score (nSPS) is 11.2. The van der Waals surface area contributed by atoms with E-state index in [1.165, 1.54) is 34.4 Å². The van der Waals surface area contributed by atoms with Crippen LogP contribution in [0.25, 0.3) is 0 Å². The zero-order valence-electron chi connectivity index (χ0n) is 16.5. The maximum absolute atomic E-state index is 12.9. The molecule has 0 heterocycles. The van der Waals surface area contributed by atoms with Gasteiger partial charge in [0.2, 0.25) is 15.9 Å². The number of methoxy groups -OCH3 is 3. The maximum atomic E-state index is 12.9. The van der Waals surface area contributed by atoms with Gasteiger partial charge in [-0.15, -0.1) is 0 Å². The van der Waals surface area contributed by atoms with Crippen molar-refractivity contribution in [2.45, 2.75) is 11.8 Å². The summed E-state index contributed by atoms with van der Waals surface area (Å²) in [7, 11) is 1.82. The topological polar surface area (TPSA) is 94.2 Å². The van der Waals surface area contributed by atoms with Gasteiger partial charge in [-0.05, 0) is 36.8 Å². The molecular formula is C19H24N2O6S. The SMILES string of the molecule is COc1ccc(NC(=O)CN(C)S(=O)(=O)c2cc(C)ccc2OC)cc1OC. The van der Waals surface area contributed by atoms with Gasteiger partial charge in [-0.3, -0.25) is 4.79 Å². The summed E-state index contributed by atoms with van der Waals surface area (Å²) >= 11 is 0. The summed E-state index contributed by atoms with van der Waals surface area (Å²) in [5, 5.41) is 2.65. The van der Waals surface area contributed by atoms with Crippen LogP contribution in [0.1, 0.15) is 5.56 Å². The van der Waals surface area contributed by atoms with Crippen molar-refractivity contribution >= 4 is 21.6 Å². The molecule has 1 amide bonds. The molecule has 2 rings (SSSR count). The molecule has 1 N–H and O–H groups in total. The number of nitrogens with zero attached hydrogens (tertiary/aromatic N) is 1. The Morgan fingerprint density at radius 2 is 1.57 bits per heavy atom. The van der Waals surface area contributed by atoms with Crippen LogP contribution in [-0.2, 0) is 14.8 Å². The third kappa shape index (κ3) is 4.73. The molecule has 0 spiro atoms. The number of amides is 1. The Morgan fingerprint density at radius 3 is 2.18 bits per heavy atom. The third-order valence-corrected chi connectivity index (χ3v) is 5.87. The molecule has 2 aromatic rings. The molecule has 0 bridgehead atoms. The molecule has 8 nitrogen and oxygen atoms in total. The van der Waals surface area contributed by atoms with Crippen molar-refractivity contribution in [3.05, 3.63) is 42.0 Å². The molecule has 152 valence electrons. The Hall–Kier alpha value is -2.78. The van der Waals surface area contributed by atoms with E-state index in [1.807, 2.05) is 0 Å². The number of anilines is 1. The molecule has 0 atom stereocenters. The Bertz CT molecular complexity index is 959. The molecule has 0 radical (unpaired) electrons. The first kappa shape index (κ1) is 21.5. The molecule has 0 fully saturated rings. The number of carbonyl (C=O) groups excluding carboxylic acids is 1. The number of hydrogen-bond acceptors (Lipinski definition) is 6. The minimum Gasteiger partial charge on any atom is -0.495 e. The molecule has 28 heavy (non-hydrogen) atoms. The number of benzene rings is 2. The van der Waals surface area contributed by atoms with E-state index >= 15 is 0 Å². The lowest BCUT2D eigenvalue weighted by molar-refractivity contribution is -0.116. The maximum Gasteiger partial charge on any atom is 0.246 e. The van der Waals surface area contributed by atoms with Crippen LogP contribution in [0.5, 0.6) is 17.2 Å². The first-order chi connectivity index (χ1) is 13.2. The lowest BCUT2D eigenvalue weighted by atomic mass is 10.2. The zero-order valence-corrected chi connectivity index (χ0v) is 17.3. The van der Waals surface area contributed by atoms with Gasteiger partial charge in [0, 0.05) is 18.8 Å². The first-order valence-corrected chi connectivity index (χ1v) is 9.79. The van der Waals surface area contributed by atoms with Gasteiger partial charge in [-0.25, -0.2) is 8.42 Å². The fraction of sp³-hybridized carbons (Fsp3) is 0.316. The Balaban J connectivity index is 2.17. The van der Waals surface area contributed by atoms with Crippen molar-refractivity contribution in [1.82, 2.24) is 4.31 Å². The summed E-state index contributed by atoms with van der Waals surface area (Å²) in [6.45, 7) is 1.41. The number of likely N-dealkylation sites (N-methyl/N-ethyl adjacent to an activating group) is 1. The van der Waals surface area contributed by atoms with E-state index in [9.17, 15) is 13.2 Å². The molecule has 0 unspecified atom stereocenters. The van der Waals surface area contributed by atoms with Crippen LogP contribution in [0.3, 0.4) is 0 Å². The van der Waals surface area contributed by atoms with E-state index in [0.717, 1.165) is 9.87 Å². The summed E-state index contributed by atoms with van der Waals surface area (Å²) < 4.78 is 42.2. The predicted molar refractivity (Wildman–Crippen MR) is 106 cm³/mol. The predicted octanol–water partition coefficient (Wildman–Crippen LogP) is 2.28. The summed E-state index contributed by atoms with van der Waals surface area (Å²) in [6, 6.07) is 9.72. The van der Waals surface area contributed by atoms with Crippen LogP contribution in [0, 0.1) is 6.92 Å². The number of hydrogen-bond donors (Lipinski definition) is 1. The minimum absolute atomic E-state index is 0.0106. The molecule has 0 saturated heterocycles. The van der Waals surface area contributed by atoms with Gasteiger partial charge in [0.25, 0.3) is 0 Å². The van der Waals surface area contributed by atoms with E-state index in [4.69, 9.17) is 14.2 Å². The molecule has 2 aromatic carbocycles. The third-order valence-electron chi connectivity index (χ3n) is 4.04. The van der Waals surface area contributed by atoms with E-state index in [2.05, 4.69) is 5.32 Å². The molecule has 0 aliphatic rings. The molecule has 0 aromatic heterocycles. The number of aryl methyl sites for hydroxylation is 1. The number of sulfonamides is 1. The minimum atomic E-state index is -3.91.